The number of halogens is 1. The van der Waals surface area contributed by atoms with Gasteiger partial charge in [0.1, 0.15) is 5.88 Å². The van der Waals surface area contributed by atoms with Gasteiger partial charge >= 0.3 is 0 Å². The second-order valence-corrected chi connectivity index (χ2v) is 5.73. The number of carbonyl (C=O) groups excluding carboxylic acids is 1. The van der Waals surface area contributed by atoms with Gasteiger partial charge in [0.05, 0.1) is 6.26 Å². The van der Waals surface area contributed by atoms with Crippen LogP contribution in [-0.4, -0.2) is 50.5 Å². The summed E-state index contributed by atoms with van der Waals surface area (Å²) in [5.74, 6) is -0.0982. The number of hydrogen-bond donors (Lipinski definition) is 1. The predicted molar refractivity (Wildman–Crippen MR) is 58.3 cm³/mol. The second kappa shape index (κ2) is 5.14. The summed E-state index contributed by atoms with van der Waals surface area (Å²) >= 11 is 5.43. The van der Waals surface area contributed by atoms with Gasteiger partial charge in [-0.3, -0.25) is 4.79 Å². The third-order valence-electron chi connectivity index (χ3n) is 2.34. The smallest absolute Gasteiger partial charge is 0.237 e. The van der Waals surface area contributed by atoms with Gasteiger partial charge in [0.2, 0.25) is 15.9 Å². The average molecular weight is 255 g/mol. The van der Waals surface area contributed by atoms with Crippen molar-refractivity contribution in [3.8, 4) is 0 Å². The maximum Gasteiger partial charge on any atom is 0.237 e. The molecule has 0 bridgehead atoms. The second-order valence-electron chi connectivity index (χ2n) is 3.68. The largest absolute Gasteiger partial charge is 0.342 e. The monoisotopic (exact) mass is 254 g/mol. The number of rotatable bonds is 3. The highest BCUT2D eigenvalue weighted by Gasteiger charge is 2.23. The molecule has 15 heavy (non-hydrogen) atoms. The Morgan fingerprint density at radius 1 is 1.47 bits per heavy atom. The molecule has 5 nitrogen and oxygen atoms in total. The van der Waals surface area contributed by atoms with E-state index < -0.39 is 10.0 Å². The van der Waals surface area contributed by atoms with E-state index in [1.807, 2.05) is 0 Å². The van der Waals surface area contributed by atoms with E-state index >= 15 is 0 Å². The van der Waals surface area contributed by atoms with Crippen LogP contribution in [0.3, 0.4) is 0 Å². The Labute approximate surface area is 94.8 Å². The highest BCUT2D eigenvalue weighted by molar-refractivity contribution is 7.88. The van der Waals surface area contributed by atoms with Crippen LogP contribution in [0.1, 0.15) is 12.8 Å². The zero-order valence-electron chi connectivity index (χ0n) is 8.57. The molecule has 1 fully saturated rings. The number of hydrogen-bond acceptors (Lipinski definition) is 3. The molecule has 0 atom stereocenters. The zero-order chi connectivity index (χ0) is 11.5. The van der Waals surface area contributed by atoms with Crippen LogP contribution >= 0.6 is 11.6 Å². The standard InChI is InChI=1S/C8H15ClN2O3S/c1-15(13,14)10-7-2-4-11(5-3-7)8(12)6-9/h7,10H,2-6H2,1H3. The minimum absolute atomic E-state index is 0.00975. The lowest BCUT2D eigenvalue weighted by atomic mass is 10.1. The van der Waals surface area contributed by atoms with E-state index in [1.165, 1.54) is 0 Å². The number of alkyl halides is 1. The molecule has 1 heterocycles. The summed E-state index contributed by atoms with van der Waals surface area (Å²) in [5.41, 5.74) is 0. The van der Waals surface area contributed by atoms with Gasteiger partial charge < -0.3 is 4.90 Å². The van der Waals surface area contributed by atoms with Crippen molar-refractivity contribution in [3.63, 3.8) is 0 Å². The van der Waals surface area contributed by atoms with Gasteiger partial charge in [-0.1, -0.05) is 0 Å². The maximum absolute atomic E-state index is 11.2. The van der Waals surface area contributed by atoms with Gasteiger partial charge in [0, 0.05) is 19.1 Å². The molecule has 1 amide bonds. The summed E-state index contributed by atoms with van der Waals surface area (Å²) in [6, 6.07) is -0.0561. The molecule has 1 aliphatic rings. The lowest BCUT2D eigenvalue weighted by Crippen LogP contribution is -2.46. The molecule has 0 aromatic rings. The molecule has 1 N–H and O–H groups in total. The molecule has 0 unspecified atom stereocenters. The number of sulfonamides is 1. The van der Waals surface area contributed by atoms with E-state index in [4.69, 9.17) is 11.6 Å². The molecule has 0 saturated carbocycles. The molecule has 7 heteroatoms. The summed E-state index contributed by atoms with van der Waals surface area (Å²) in [4.78, 5) is 12.9. The minimum atomic E-state index is -3.15. The maximum atomic E-state index is 11.2. The van der Waals surface area contributed by atoms with Gasteiger partial charge in [-0.2, -0.15) is 0 Å². The minimum Gasteiger partial charge on any atom is -0.342 e. The van der Waals surface area contributed by atoms with E-state index in [1.54, 1.807) is 4.90 Å². The van der Waals surface area contributed by atoms with E-state index in [9.17, 15) is 13.2 Å². The number of nitrogens with one attached hydrogen (secondary N) is 1. The first kappa shape index (κ1) is 12.7. The topological polar surface area (TPSA) is 66.5 Å². The lowest BCUT2D eigenvalue weighted by molar-refractivity contribution is -0.129. The van der Waals surface area contributed by atoms with Gasteiger partial charge in [-0.05, 0) is 12.8 Å². The fourth-order valence-corrected chi connectivity index (χ4v) is 2.64. The Balaban J connectivity index is 2.39. The van der Waals surface area contributed by atoms with E-state index in [0.717, 1.165) is 6.26 Å². The van der Waals surface area contributed by atoms with Crippen LogP contribution < -0.4 is 4.72 Å². The van der Waals surface area contributed by atoms with Crippen LogP contribution in [0.2, 0.25) is 0 Å². The lowest BCUT2D eigenvalue weighted by Gasteiger charge is -2.31. The van der Waals surface area contributed by atoms with Crippen LogP contribution in [0.4, 0.5) is 0 Å². The number of piperidine rings is 1. The molecule has 88 valence electrons. The Bertz CT molecular complexity index is 323. The molecule has 1 saturated heterocycles. The van der Waals surface area contributed by atoms with Crippen LogP contribution in [0.5, 0.6) is 0 Å². The molecule has 1 aliphatic heterocycles. The van der Waals surface area contributed by atoms with Crippen molar-refractivity contribution in [2.45, 2.75) is 18.9 Å². The van der Waals surface area contributed by atoms with Gasteiger partial charge in [-0.25, -0.2) is 13.1 Å². The molecule has 0 radical (unpaired) electrons. The first-order chi connectivity index (χ1) is 6.92. The molecule has 0 spiro atoms. The molecule has 1 rings (SSSR count). The van der Waals surface area contributed by atoms with Crippen molar-refractivity contribution in [2.24, 2.45) is 0 Å². The number of likely N-dealkylation sites (tertiary alicyclic amines) is 1. The molecule has 0 aromatic carbocycles. The SMILES string of the molecule is CS(=O)(=O)NC1CCN(C(=O)CCl)CC1. The summed E-state index contributed by atoms with van der Waals surface area (Å²) < 4.78 is 24.5. The van der Waals surface area contributed by atoms with E-state index in [0.29, 0.717) is 25.9 Å². The normalized spacial score (nSPS) is 19.2. The van der Waals surface area contributed by atoms with Crippen LogP contribution in [-0.2, 0) is 14.8 Å². The average Bonchev–Trinajstić information content (AvgIpc) is 2.15. The molecular formula is C8H15ClN2O3S. The summed E-state index contributed by atoms with van der Waals surface area (Å²) in [6.45, 7) is 1.14. The number of carbonyl (C=O) groups is 1. The zero-order valence-corrected chi connectivity index (χ0v) is 10.1. The van der Waals surface area contributed by atoms with E-state index in [-0.39, 0.29) is 17.8 Å². The predicted octanol–water partition coefficient (Wildman–Crippen LogP) is -0.235. The third kappa shape index (κ3) is 4.36. The number of amides is 1. The first-order valence-electron chi connectivity index (χ1n) is 4.73. The van der Waals surface area contributed by atoms with Crippen molar-refractivity contribution < 1.29 is 13.2 Å². The highest BCUT2D eigenvalue weighted by Crippen LogP contribution is 2.11. The fraction of sp³-hybridized carbons (Fsp3) is 0.875. The summed E-state index contributed by atoms with van der Waals surface area (Å²) in [7, 11) is -3.15. The van der Waals surface area contributed by atoms with Crippen molar-refractivity contribution in [3.05, 3.63) is 0 Å². The first-order valence-corrected chi connectivity index (χ1v) is 7.16. The Morgan fingerprint density at radius 2 is 2.00 bits per heavy atom. The van der Waals surface area contributed by atoms with Crippen molar-refractivity contribution in [1.82, 2.24) is 9.62 Å². The van der Waals surface area contributed by atoms with Gasteiger partial charge in [-0.15, -0.1) is 11.6 Å². The summed E-state index contributed by atoms with van der Waals surface area (Å²) in [6.07, 6.45) is 2.44. The molecular weight excluding hydrogens is 240 g/mol. The van der Waals surface area contributed by atoms with Gasteiger partial charge in [0.25, 0.3) is 0 Å². The van der Waals surface area contributed by atoms with Crippen molar-refractivity contribution in [2.75, 3.05) is 25.2 Å². The van der Waals surface area contributed by atoms with Gasteiger partial charge in [0.15, 0.2) is 0 Å². The summed E-state index contributed by atoms with van der Waals surface area (Å²) in [5, 5.41) is 0. The molecule has 0 aliphatic carbocycles. The van der Waals surface area contributed by atoms with E-state index in [2.05, 4.69) is 4.72 Å². The Morgan fingerprint density at radius 3 is 2.40 bits per heavy atom. The Hall–Kier alpha value is -0.330. The fourth-order valence-electron chi connectivity index (χ4n) is 1.63. The molecule has 0 aromatic heterocycles. The van der Waals surface area contributed by atoms with Crippen molar-refractivity contribution in [1.29, 1.82) is 0 Å². The highest BCUT2D eigenvalue weighted by atomic mass is 35.5. The third-order valence-corrected chi connectivity index (χ3v) is 3.33. The van der Waals surface area contributed by atoms with Crippen LogP contribution in [0, 0.1) is 0 Å². The van der Waals surface area contributed by atoms with Crippen LogP contribution in [0.25, 0.3) is 0 Å². The quantitative estimate of drug-likeness (QED) is 0.708. The Kier molecular flexibility index (Phi) is 4.36. The number of nitrogens with zero attached hydrogens (tertiary/aromatic N) is 1. The van der Waals surface area contributed by atoms with Crippen molar-refractivity contribution >= 4 is 27.5 Å². The van der Waals surface area contributed by atoms with Crippen LogP contribution in [0.15, 0.2) is 0 Å².